The largest absolute Gasteiger partial charge is 0.508 e. The van der Waals surface area contributed by atoms with Gasteiger partial charge in [-0.1, -0.05) is 0 Å². The lowest BCUT2D eigenvalue weighted by molar-refractivity contribution is -0.143. The average molecular weight is 509 g/mol. The minimum atomic E-state index is -5.01. The van der Waals surface area contributed by atoms with Gasteiger partial charge >= 0.3 is 12.4 Å². The van der Waals surface area contributed by atoms with Crippen molar-refractivity contribution in [3.05, 3.63) is 58.1 Å². The molecule has 0 saturated heterocycles. The van der Waals surface area contributed by atoms with Crippen molar-refractivity contribution in [1.29, 1.82) is 0 Å². The number of aliphatic hydroxyl groups is 1. The molecule has 1 amide bonds. The molecule has 196 valence electrons. The summed E-state index contributed by atoms with van der Waals surface area (Å²) in [6.07, 6.45) is -5.50. The van der Waals surface area contributed by atoms with E-state index in [1.54, 1.807) is 19.9 Å². The summed E-state index contributed by atoms with van der Waals surface area (Å²) >= 11 is 0. The average Bonchev–Trinajstić information content (AvgIpc) is 2.81. The molecule has 0 bridgehead atoms. The first kappa shape index (κ1) is 28.5. The maximum atomic E-state index is 13.0. The van der Waals surface area contributed by atoms with E-state index in [-0.39, 0.29) is 30.3 Å². The number of amides is 1. The summed E-state index contributed by atoms with van der Waals surface area (Å²) in [6.45, 7) is 4.01. The molecule has 0 aliphatic heterocycles. The van der Waals surface area contributed by atoms with E-state index in [0.717, 1.165) is 12.8 Å². The number of rotatable bonds is 8. The Morgan fingerprint density at radius 2 is 1.60 bits per heavy atom. The zero-order valence-corrected chi connectivity index (χ0v) is 19.7. The number of carbonyl (C=O) groups excluding carboxylic acids is 1. The van der Waals surface area contributed by atoms with Crippen molar-refractivity contribution < 1.29 is 41.0 Å². The van der Waals surface area contributed by atoms with Gasteiger partial charge in [0, 0.05) is 30.3 Å². The van der Waals surface area contributed by atoms with Crippen molar-refractivity contribution in [2.45, 2.75) is 57.9 Å². The van der Waals surface area contributed by atoms with E-state index in [9.17, 15) is 36.2 Å². The quantitative estimate of drug-likeness (QED) is 0.229. The number of aliphatic hydroxyl groups excluding tert-OH is 1. The van der Waals surface area contributed by atoms with Gasteiger partial charge < -0.3 is 20.5 Å². The highest BCUT2D eigenvalue weighted by atomic mass is 19.4. The smallest absolute Gasteiger partial charge is 0.416 e. The summed E-state index contributed by atoms with van der Waals surface area (Å²) in [6, 6.07) is 1.01. The summed E-state index contributed by atoms with van der Waals surface area (Å²) in [5, 5.41) is 15.9. The van der Waals surface area contributed by atoms with Gasteiger partial charge in [-0.25, -0.2) is 0 Å². The van der Waals surface area contributed by atoms with Crippen molar-refractivity contribution in [1.82, 2.24) is 10.6 Å². The van der Waals surface area contributed by atoms with Crippen LogP contribution in [-0.2, 0) is 17.1 Å². The van der Waals surface area contributed by atoms with Crippen LogP contribution in [0.3, 0.4) is 0 Å². The molecule has 2 rings (SSSR count). The topological polar surface area (TPSA) is 70.6 Å². The maximum Gasteiger partial charge on any atom is 0.416 e. The highest BCUT2D eigenvalue weighted by Crippen LogP contribution is 2.36. The Bertz CT molecular complexity index is 913. The standard InChI is InChI=1S/C24H30F6N2O3/c1-4-21(33)20(14(2)35-3)13-31-19-7-5-15(6-8-19)12-32-22(34)16-9-17(23(25,26)27)11-18(10-16)24(28,29)30/h4,9-11,15,19,31,33H,5-8,12-13H2,1-3H3,(H,32,34)/b20-14+,21-4+. The summed E-state index contributed by atoms with van der Waals surface area (Å²) < 4.78 is 83.3. The molecule has 1 saturated carbocycles. The van der Waals surface area contributed by atoms with Crippen LogP contribution >= 0.6 is 0 Å². The normalized spacial score (nSPS) is 20.3. The number of nitrogens with one attached hydrogen (secondary N) is 2. The number of methoxy groups -OCH3 is 1. The van der Waals surface area contributed by atoms with Crippen molar-refractivity contribution in [2.24, 2.45) is 5.92 Å². The molecule has 1 aromatic rings. The third-order valence-corrected chi connectivity index (χ3v) is 6.13. The van der Waals surface area contributed by atoms with Crippen LogP contribution in [0.15, 0.2) is 41.4 Å². The van der Waals surface area contributed by atoms with Crippen LogP contribution in [0, 0.1) is 5.92 Å². The van der Waals surface area contributed by atoms with Crippen molar-refractivity contribution in [3.63, 3.8) is 0 Å². The molecule has 0 unspecified atom stereocenters. The lowest BCUT2D eigenvalue weighted by atomic mass is 9.86. The zero-order valence-electron chi connectivity index (χ0n) is 19.7. The Balaban J connectivity index is 1.94. The fraction of sp³-hybridized carbons (Fsp3) is 0.542. The third-order valence-electron chi connectivity index (χ3n) is 6.13. The molecule has 35 heavy (non-hydrogen) atoms. The van der Waals surface area contributed by atoms with Gasteiger partial charge in [0.2, 0.25) is 0 Å². The van der Waals surface area contributed by atoms with Gasteiger partial charge in [-0.05, 0) is 69.7 Å². The third kappa shape index (κ3) is 8.19. The van der Waals surface area contributed by atoms with Crippen LogP contribution in [0.1, 0.15) is 61.0 Å². The van der Waals surface area contributed by atoms with Gasteiger partial charge in [0.05, 0.1) is 18.2 Å². The van der Waals surface area contributed by atoms with Gasteiger partial charge in [-0.15, -0.1) is 0 Å². The molecule has 0 aromatic heterocycles. The van der Waals surface area contributed by atoms with Gasteiger partial charge in [-0.2, -0.15) is 26.3 Å². The molecule has 0 spiro atoms. The molecule has 0 heterocycles. The number of carbonyl (C=O) groups is 1. The van der Waals surface area contributed by atoms with Crippen LogP contribution in [0.5, 0.6) is 0 Å². The molecule has 1 fully saturated rings. The first-order valence-electron chi connectivity index (χ1n) is 11.2. The van der Waals surface area contributed by atoms with E-state index in [1.807, 2.05) is 0 Å². The van der Waals surface area contributed by atoms with Crippen LogP contribution in [0.2, 0.25) is 0 Å². The van der Waals surface area contributed by atoms with Crippen LogP contribution in [0.25, 0.3) is 0 Å². The molecule has 1 aliphatic carbocycles. The Labute approximate surface area is 200 Å². The highest BCUT2D eigenvalue weighted by molar-refractivity contribution is 5.94. The van der Waals surface area contributed by atoms with E-state index >= 15 is 0 Å². The fourth-order valence-electron chi connectivity index (χ4n) is 3.94. The van der Waals surface area contributed by atoms with E-state index in [2.05, 4.69) is 10.6 Å². The predicted octanol–water partition coefficient (Wildman–Crippen LogP) is 5.98. The molecule has 3 N–H and O–H groups in total. The van der Waals surface area contributed by atoms with Crippen LogP contribution < -0.4 is 10.6 Å². The second kappa shape index (κ2) is 11.8. The Hall–Kier alpha value is -2.69. The number of hydrogen-bond acceptors (Lipinski definition) is 4. The SMILES string of the molecule is C/C=C(O)\C(CNC1CCC(CNC(=O)c2cc(C(F)(F)F)cc(C(F)(F)F)c2)CC1)=C(/C)OC. The van der Waals surface area contributed by atoms with Gasteiger partial charge in [0.1, 0.15) is 11.5 Å². The monoisotopic (exact) mass is 508 g/mol. The highest BCUT2D eigenvalue weighted by Gasteiger charge is 2.37. The van der Waals surface area contributed by atoms with E-state index in [1.165, 1.54) is 7.11 Å². The fourth-order valence-corrected chi connectivity index (χ4v) is 3.94. The molecule has 0 radical (unpaired) electrons. The second-order valence-electron chi connectivity index (χ2n) is 8.52. The molecule has 11 heteroatoms. The second-order valence-corrected chi connectivity index (χ2v) is 8.52. The van der Waals surface area contributed by atoms with Gasteiger partial charge in [0.25, 0.3) is 5.91 Å². The number of alkyl halides is 6. The number of hydrogen-bond donors (Lipinski definition) is 3. The lowest BCUT2D eigenvalue weighted by Gasteiger charge is -2.29. The summed E-state index contributed by atoms with van der Waals surface area (Å²) in [7, 11) is 1.51. The van der Waals surface area contributed by atoms with Gasteiger partial charge in [0.15, 0.2) is 0 Å². The number of ether oxygens (including phenoxy) is 1. The molecule has 1 aromatic carbocycles. The Morgan fingerprint density at radius 3 is 2.06 bits per heavy atom. The Kier molecular flexibility index (Phi) is 9.65. The number of allylic oxidation sites excluding steroid dienone is 2. The van der Waals surface area contributed by atoms with E-state index in [4.69, 9.17) is 4.74 Å². The minimum absolute atomic E-state index is 0.00414. The summed E-state index contributed by atoms with van der Waals surface area (Å²) in [5.74, 6) is -0.220. The van der Waals surface area contributed by atoms with Crippen molar-refractivity contribution in [2.75, 3.05) is 20.2 Å². The lowest BCUT2D eigenvalue weighted by Crippen LogP contribution is -2.38. The van der Waals surface area contributed by atoms with E-state index < -0.39 is 35.0 Å². The number of halogens is 6. The van der Waals surface area contributed by atoms with Crippen molar-refractivity contribution >= 4 is 5.91 Å². The summed E-state index contributed by atoms with van der Waals surface area (Å²) in [4.78, 5) is 12.4. The van der Waals surface area contributed by atoms with Crippen LogP contribution in [-0.4, -0.2) is 37.3 Å². The zero-order chi connectivity index (χ0) is 26.4. The molecule has 5 nitrogen and oxygen atoms in total. The van der Waals surface area contributed by atoms with E-state index in [0.29, 0.717) is 42.9 Å². The molecular formula is C24H30F6N2O3. The molecular weight excluding hydrogens is 478 g/mol. The minimum Gasteiger partial charge on any atom is -0.508 e. The number of benzene rings is 1. The van der Waals surface area contributed by atoms with Crippen LogP contribution in [0.4, 0.5) is 26.3 Å². The molecule has 0 atom stereocenters. The predicted molar refractivity (Wildman–Crippen MR) is 119 cm³/mol. The first-order chi connectivity index (χ1) is 16.3. The maximum absolute atomic E-state index is 13.0. The van der Waals surface area contributed by atoms with Gasteiger partial charge in [-0.3, -0.25) is 4.79 Å². The Morgan fingerprint density at radius 1 is 1.06 bits per heavy atom. The first-order valence-corrected chi connectivity index (χ1v) is 11.2. The molecule has 1 aliphatic rings. The van der Waals surface area contributed by atoms with Crippen molar-refractivity contribution in [3.8, 4) is 0 Å². The summed E-state index contributed by atoms with van der Waals surface area (Å²) in [5.41, 5.74) is -3.09.